The van der Waals surface area contributed by atoms with Crippen LogP contribution in [0.25, 0.3) is 0 Å². The summed E-state index contributed by atoms with van der Waals surface area (Å²) < 4.78 is 0. The van der Waals surface area contributed by atoms with Crippen LogP contribution in [-0.4, -0.2) is 40.7 Å². The molecule has 1 unspecified atom stereocenters. The van der Waals surface area contributed by atoms with Crippen molar-refractivity contribution in [2.75, 3.05) is 12.8 Å². The van der Waals surface area contributed by atoms with Gasteiger partial charge in [-0.3, -0.25) is 4.79 Å². The molecule has 0 aliphatic carbocycles. The molecule has 1 saturated heterocycles. The summed E-state index contributed by atoms with van der Waals surface area (Å²) in [4.78, 5) is 25.8. The van der Waals surface area contributed by atoms with E-state index in [0.717, 1.165) is 11.3 Å². The van der Waals surface area contributed by atoms with Crippen molar-refractivity contribution < 1.29 is 14.7 Å². The van der Waals surface area contributed by atoms with Crippen molar-refractivity contribution >= 4 is 23.6 Å². The zero-order chi connectivity index (χ0) is 13.1. The Morgan fingerprint density at radius 3 is 2.56 bits per heavy atom. The van der Waals surface area contributed by atoms with Gasteiger partial charge < -0.3 is 10.0 Å². The predicted molar refractivity (Wildman–Crippen MR) is 69.9 cm³/mol. The molecule has 1 aromatic rings. The van der Waals surface area contributed by atoms with E-state index in [1.807, 2.05) is 18.4 Å². The number of aliphatic carboxylic acids is 1. The topological polar surface area (TPSA) is 57.6 Å². The fourth-order valence-electron chi connectivity index (χ4n) is 2.17. The highest BCUT2D eigenvalue weighted by Crippen LogP contribution is 2.21. The highest BCUT2D eigenvalue weighted by atomic mass is 32.2. The van der Waals surface area contributed by atoms with Gasteiger partial charge in [-0.05, 0) is 43.4 Å². The fourth-order valence-corrected chi connectivity index (χ4v) is 2.57. The summed E-state index contributed by atoms with van der Waals surface area (Å²) in [6.45, 7) is 0.528. The summed E-state index contributed by atoms with van der Waals surface area (Å²) in [5.41, 5.74) is 0.556. The minimum Gasteiger partial charge on any atom is -0.480 e. The second-order valence-corrected chi connectivity index (χ2v) is 5.10. The van der Waals surface area contributed by atoms with E-state index in [1.54, 1.807) is 23.9 Å². The minimum absolute atomic E-state index is 0.187. The van der Waals surface area contributed by atoms with Gasteiger partial charge in [-0.2, -0.15) is 0 Å². The third-order valence-electron chi connectivity index (χ3n) is 3.14. The number of hydrogen-bond donors (Lipinski definition) is 1. The zero-order valence-electron chi connectivity index (χ0n) is 10.1. The lowest BCUT2D eigenvalue weighted by molar-refractivity contribution is -0.141. The van der Waals surface area contributed by atoms with E-state index < -0.39 is 12.0 Å². The monoisotopic (exact) mass is 265 g/mol. The second kappa shape index (κ2) is 5.44. The lowest BCUT2D eigenvalue weighted by Gasteiger charge is -2.21. The van der Waals surface area contributed by atoms with Gasteiger partial charge in [-0.25, -0.2) is 4.79 Å². The van der Waals surface area contributed by atoms with Crippen molar-refractivity contribution in [1.82, 2.24) is 4.90 Å². The van der Waals surface area contributed by atoms with E-state index in [4.69, 9.17) is 5.11 Å². The molecule has 1 fully saturated rings. The number of amides is 1. The molecule has 1 N–H and O–H groups in total. The maximum absolute atomic E-state index is 12.2. The Labute approximate surface area is 110 Å². The number of benzene rings is 1. The molecule has 2 rings (SSSR count). The van der Waals surface area contributed by atoms with E-state index in [9.17, 15) is 9.59 Å². The van der Waals surface area contributed by atoms with Gasteiger partial charge in [0.05, 0.1) is 0 Å². The molecule has 18 heavy (non-hydrogen) atoms. The summed E-state index contributed by atoms with van der Waals surface area (Å²) >= 11 is 1.61. The van der Waals surface area contributed by atoms with Gasteiger partial charge in [0.25, 0.3) is 5.91 Å². The Balaban J connectivity index is 2.17. The molecule has 0 radical (unpaired) electrons. The molecule has 0 spiro atoms. The number of likely N-dealkylation sites (tertiary alicyclic amines) is 1. The number of thioether (sulfide) groups is 1. The van der Waals surface area contributed by atoms with Crippen molar-refractivity contribution in [3.05, 3.63) is 29.8 Å². The molecule has 1 heterocycles. The van der Waals surface area contributed by atoms with Crippen molar-refractivity contribution in [2.24, 2.45) is 0 Å². The van der Waals surface area contributed by atoms with Crippen LogP contribution in [0.2, 0.25) is 0 Å². The molecule has 1 aromatic carbocycles. The SMILES string of the molecule is CSc1ccc(C(=O)N2CCCC2C(=O)O)cc1. The smallest absolute Gasteiger partial charge is 0.326 e. The van der Waals surface area contributed by atoms with Crippen LogP contribution in [0.5, 0.6) is 0 Å². The van der Waals surface area contributed by atoms with Crippen LogP contribution in [0.4, 0.5) is 0 Å². The maximum Gasteiger partial charge on any atom is 0.326 e. The van der Waals surface area contributed by atoms with Crippen molar-refractivity contribution in [2.45, 2.75) is 23.8 Å². The van der Waals surface area contributed by atoms with Gasteiger partial charge >= 0.3 is 5.97 Å². The second-order valence-electron chi connectivity index (χ2n) is 4.22. The van der Waals surface area contributed by atoms with E-state index in [-0.39, 0.29) is 5.91 Å². The molecule has 1 aliphatic heterocycles. The Hall–Kier alpha value is -1.49. The number of nitrogens with zero attached hydrogens (tertiary/aromatic N) is 1. The molecule has 1 atom stereocenters. The van der Waals surface area contributed by atoms with E-state index >= 15 is 0 Å². The van der Waals surface area contributed by atoms with E-state index in [0.29, 0.717) is 18.5 Å². The molecule has 5 heteroatoms. The Kier molecular flexibility index (Phi) is 3.91. The van der Waals surface area contributed by atoms with Gasteiger partial charge in [0, 0.05) is 17.0 Å². The Morgan fingerprint density at radius 1 is 1.33 bits per heavy atom. The Morgan fingerprint density at radius 2 is 2.00 bits per heavy atom. The summed E-state index contributed by atoms with van der Waals surface area (Å²) in [5, 5.41) is 9.06. The molecule has 1 aliphatic rings. The van der Waals surface area contributed by atoms with Crippen LogP contribution in [0.15, 0.2) is 29.2 Å². The molecule has 0 saturated carbocycles. The normalized spacial score (nSPS) is 18.9. The first kappa shape index (κ1) is 13.0. The van der Waals surface area contributed by atoms with Crippen LogP contribution < -0.4 is 0 Å². The van der Waals surface area contributed by atoms with Gasteiger partial charge in [0.1, 0.15) is 6.04 Å². The predicted octanol–water partition coefficient (Wildman–Crippen LogP) is 2.10. The minimum atomic E-state index is -0.915. The Bertz CT molecular complexity index is 458. The first-order valence-corrected chi connectivity index (χ1v) is 7.04. The van der Waals surface area contributed by atoms with Crippen LogP contribution in [0.1, 0.15) is 23.2 Å². The molecule has 1 amide bonds. The molecule has 4 nitrogen and oxygen atoms in total. The number of carboxylic acids is 1. The first-order chi connectivity index (χ1) is 8.63. The quantitative estimate of drug-likeness (QED) is 0.850. The number of hydrogen-bond acceptors (Lipinski definition) is 3. The third-order valence-corrected chi connectivity index (χ3v) is 3.88. The number of rotatable bonds is 3. The first-order valence-electron chi connectivity index (χ1n) is 5.81. The molecule has 0 bridgehead atoms. The summed E-state index contributed by atoms with van der Waals surface area (Å²) in [6, 6.07) is 6.60. The lowest BCUT2D eigenvalue weighted by Crippen LogP contribution is -2.40. The standard InChI is InChI=1S/C13H15NO3S/c1-18-10-6-4-9(5-7-10)12(15)14-8-2-3-11(14)13(16)17/h4-7,11H,2-3,8H2,1H3,(H,16,17). The summed E-state index contributed by atoms with van der Waals surface area (Å²) in [5.74, 6) is -1.10. The van der Waals surface area contributed by atoms with E-state index in [2.05, 4.69) is 0 Å². The van der Waals surface area contributed by atoms with Gasteiger partial charge in [-0.1, -0.05) is 0 Å². The fraction of sp³-hybridized carbons (Fsp3) is 0.385. The molecule has 96 valence electrons. The number of carbonyl (C=O) groups excluding carboxylic acids is 1. The zero-order valence-corrected chi connectivity index (χ0v) is 10.9. The average Bonchev–Trinajstić information content (AvgIpc) is 2.87. The highest BCUT2D eigenvalue weighted by molar-refractivity contribution is 7.98. The van der Waals surface area contributed by atoms with Crippen LogP contribution in [-0.2, 0) is 4.79 Å². The largest absolute Gasteiger partial charge is 0.480 e. The summed E-state index contributed by atoms with van der Waals surface area (Å²) in [7, 11) is 0. The molecular weight excluding hydrogens is 250 g/mol. The maximum atomic E-state index is 12.2. The molecule has 0 aromatic heterocycles. The van der Waals surface area contributed by atoms with Crippen LogP contribution >= 0.6 is 11.8 Å². The highest BCUT2D eigenvalue weighted by Gasteiger charge is 2.34. The van der Waals surface area contributed by atoms with Gasteiger partial charge in [-0.15, -0.1) is 11.8 Å². The third kappa shape index (κ3) is 2.51. The average molecular weight is 265 g/mol. The van der Waals surface area contributed by atoms with Crippen LogP contribution in [0, 0.1) is 0 Å². The number of carbonyl (C=O) groups is 2. The van der Waals surface area contributed by atoms with Crippen molar-refractivity contribution in [3.63, 3.8) is 0 Å². The van der Waals surface area contributed by atoms with Crippen LogP contribution in [0.3, 0.4) is 0 Å². The van der Waals surface area contributed by atoms with Gasteiger partial charge in [0.2, 0.25) is 0 Å². The summed E-state index contributed by atoms with van der Waals surface area (Å²) in [6.07, 6.45) is 3.27. The van der Waals surface area contributed by atoms with Crippen molar-refractivity contribution in [3.8, 4) is 0 Å². The van der Waals surface area contributed by atoms with Crippen molar-refractivity contribution in [1.29, 1.82) is 0 Å². The number of carboxylic acid groups (broad SMARTS) is 1. The molecular formula is C13H15NO3S. The van der Waals surface area contributed by atoms with Gasteiger partial charge in [0.15, 0.2) is 0 Å². The van der Waals surface area contributed by atoms with E-state index in [1.165, 1.54) is 4.90 Å². The lowest BCUT2D eigenvalue weighted by atomic mass is 10.1.